The number of hydrogen-bond donors (Lipinski definition) is 0. The minimum absolute atomic E-state index is 0.324. The number of allylic oxidation sites excluding steroid dienone is 1. The van der Waals surface area contributed by atoms with Gasteiger partial charge in [0.1, 0.15) is 18.5 Å². The Morgan fingerprint density at radius 1 is 1.40 bits per heavy atom. The van der Waals surface area contributed by atoms with E-state index in [9.17, 15) is 0 Å². The van der Waals surface area contributed by atoms with E-state index in [0.717, 1.165) is 18.8 Å². The molecule has 1 aromatic rings. The van der Waals surface area contributed by atoms with Crippen molar-refractivity contribution in [2.24, 2.45) is 0 Å². The molecule has 15 heavy (non-hydrogen) atoms. The molecule has 0 spiro atoms. The summed E-state index contributed by atoms with van der Waals surface area (Å²) in [6, 6.07) is 8.12. The Morgan fingerprint density at radius 3 is 2.73 bits per heavy atom. The van der Waals surface area contributed by atoms with Gasteiger partial charge in [-0.1, -0.05) is 31.2 Å². The van der Waals surface area contributed by atoms with Crippen LogP contribution in [0.4, 0.5) is 0 Å². The van der Waals surface area contributed by atoms with Crippen LogP contribution < -0.4 is 4.74 Å². The molecule has 1 unspecified atom stereocenters. The molecule has 1 atom stereocenters. The minimum Gasteiger partial charge on any atom is -0.491 e. The summed E-state index contributed by atoms with van der Waals surface area (Å²) in [6.45, 7) is 3.64. The smallest absolute Gasteiger partial charge is 0.119 e. The van der Waals surface area contributed by atoms with Crippen LogP contribution in [0.5, 0.6) is 5.75 Å². The lowest BCUT2D eigenvalue weighted by Gasteiger charge is -2.03. The standard InChI is InChI=1S/C13H16O2/c1-2-3-4-11-5-7-12(8-6-11)14-9-13-10-15-13/h3-8,13H,2,9-10H2,1H3/b4-3+. The summed E-state index contributed by atoms with van der Waals surface area (Å²) >= 11 is 0. The Bertz CT molecular complexity index is 323. The highest BCUT2D eigenvalue weighted by Gasteiger charge is 2.22. The lowest BCUT2D eigenvalue weighted by molar-refractivity contribution is 0.263. The molecular weight excluding hydrogens is 188 g/mol. The zero-order valence-corrected chi connectivity index (χ0v) is 8.98. The maximum absolute atomic E-state index is 5.54. The fourth-order valence-corrected chi connectivity index (χ4v) is 1.28. The van der Waals surface area contributed by atoms with Crippen LogP contribution in [-0.2, 0) is 4.74 Å². The summed E-state index contributed by atoms with van der Waals surface area (Å²) in [7, 11) is 0. The minimum atomic E-state index is 0.324. The van der Waals surface area contributed by atoms with Crippen LogP contribution in [0, 0.1) is 0 Å². The van der Waals surface area contributed by atoms with Crippen molar-refractivity contribution in [3.63, 3.8) is 0 Å². The van der Waals surface area contributed by atoms with E-state index in [2.05, 4.69) is 31.2 Å². The molecule has 1 aliphatic rings. The first-order chi connectivity index (χ1) is 7.38. The predicted octanol–water partition coefficient (Wildman–Crippen LogP) is 2.89. The molecule has 2 rings (SSSR count). The fraction of sp³-hybridized carbons (Fsp3) is 0.385. The van der Waals surface area contributed by atoms with Crippen molar-refractivity contribution < 1.29 is 9.47 Å². The van der Waals surface area contributed by atoms with Crippen LogP contribution in [0.25, 0.3) is 6.08 Å². The monoisotopic (exact) mass is 204 g/mol. The van der Waals surface area contributed by atoms with Crippen molar-refractivity contribution in [2.45, 2.75) is 19.4 Å². The SMILES string of the molecule is CC/C=C/c1ccc(OCC2CO2)cc1. The van der Waals surface area contributed by atoms with Gasteiger partial charge in [-0.3, -0.25) is 0 Å². The third-order valence-corrected chi connectivity index (χ3v) is 2.26. The van der Waals surface area contributed by atoms with Crippen LogP contribution in [0.15, 0.2) is 30.3 Å². The van der Waals surface area contributed by atoms with Crippen LogP contribution in [0.2, 0.25) is 0 Å². The van der Waals surface area contributed by atoms with Crippen LogP contribution in [0.3, 0.4) is 0 Å². The fourth-order valence-electron chi connectivity index (χ4n) is 1.28. The van der Waals surface area contributed by atoms with Crippen LogP contribution in [-0.4, -0.2) is 19.3 Å². The second-order valence-electron chi connectivity index (χ2n) is 3.65. The highest BCUT2D eigenvalue weighted by Crippen LogP contribution is 2.16. The molecule has 1 saturated heterocycles. The van der Waals surface area contributed by atoms with E-state index in [0.29, 0.717) is 12.7 Å². The topological polar surface area (TPSA) is 21.8 Å². The number of benzene rings is 1. The second-order valence-corrected chi connectivity index (χ2v) is 3.65. The highest BCUT2D eigenvalue weighted by molar-refractivity contribution is 5.50. The molecule has 0 aromatic heterocycles. The molecule has 2 nitrogen and oxygen atoms in total. The van der Waals surface area contributed by atoms with E-state index in [-0.39, 0.29) is 0 Å². The van der Waals surface area contributed by atoms with Crippen molar-refractivity contribution in [3.8, 4) is 5.75 Å². The Balaban J connectivity index is 1.87. The van der Waals surface area contributed by atoms with E-state index in [1.54, 1.807) is 0 Å². The molecule has 0 aliphatic carbocycles. The van der Waals surface area contributed by atoms with Gasteiger partial charge in [0.15, 0.2) is 0 Å². The van der Waals surface area contributed by atoms with E-state index < -0.39 is 0 Å². The van der Waals surface area contributed by atoms with Crippen LogP contribution >= 0.6 is 0 Å². The molecule has 1 fully saturated rings. The number of hydrogen-bond acceptors (Lipinski definition) is 2. The molecule has 0 bridgehead atoms. The first-order valence-corrected chi connectivity index (χ1v) is 5.39. The summed E-state index contributed by atoms with van der Waals surface area (Å²) in [5, 5.41) is 0. The lowest BCUT2D eigenvalue weighted by atomic mass is 10.2. The largest absolute Gasteiger partial charge is 0.491 e. The Hall–Kier alpha value is -1.28. The van der Waals surface area contributed by atoms with Crippen molar-refractivity contribution in [1.82, 2.24) is 0 Å². The van der Waals surface area contributed by atoms with Gasteiger partial charge in [0.2, 0.25) is 0 Å². The maximum Gasteiger partial charge on any atom is 0.119 e. The van der Waals surface area contributed by atoms with Crippen molar-refractivity contribution in [1.29, 1.82) is 0 Å². The summed E-state index contributed by atoms with van der Waals surface area (Å²) in [4.78, 5) is 0. The van der Waals surface area contributed by atoms with Crippen molar-refractivity contribution in [3.05, 3.63) is 35.9 Å². The van der Waals surface area contributed by atoms with Gasteiger partial charge in [0.25, 0.3) is 0 Å². The van der Waals surface area contributed by atoms with E-state index in [1.807, 2.05) is 12.1 Å². The van der Waals surface area contributed by atoms with Gasteiger partial charge in [-0.15, -0.1) is 0 Å². The van der Waals surface area contributed by atoms with Crippen molar-refractivity contribution >= 4 is 6.08 Å². The van der Waals surface area contributed by atoms with E-state index >= 15 is 0 Å². The highest BCUT2D eigenvalue weighted by atomic mass is 16.6. The lowest BCUT2D eigenvalue weighted by Crippen LogP contribution is -2.03. The predicted molar refractivity (Wildman–Crippen MR) is 61.0 cm³/mol. The Labute approximate surface area is 90.5 Å². The molecule has 0 amide bonds. The summed E-state index contributed by atoms with van der Waals surface area (Å²) in [5.41, 5.74) is 1.21. The quantitative estimate of drug-likeness (QED) is 0.688. The Morgan fingerprint density at radius 2 is 2.13 bits per heavy atom. The molecule has 0 radical (unpaired) electrons. The average molecular weight is 204 g/mol. The van der Waals surface area contributed by atoms with Gasteiger partial charge < -0.3 is 9.47 Å². The molecule has 1 aromatic carbocycles. The normalized spacial score (nSPS) is 19.4. The molecule has 1 aliphatic heterocycles. The summed E-state index contributed by atoms with van der Waals surface area (Å²) in [5.74, 6) is 0.916. The van der Waals surface area contributed by atoms with Gasteiger partial charge >= 0.3 is 0 Å². The maximum atomic E-state index is 5.54. The third kappa shape index (κ3) is 3.40. The molecule has 2 heteroatoms. The van der Waals surface area contributed by atoms with Gasteiger partial charge in [-0.2, -0.15) is 0 Å². The van der Waals surface area contributed by atoms with E-state index in [1.165, 1.54) is 5.56 Å². The van der Waals surface area contributed by atoms with Gasteiger partial charge in [0.05, 0.1) is 6.61 Å². The molecular formula is C13H16O2. The Kier molecular flexibility index (Phi) is 3.41. The first-order valence-electron chi connectivity index (χ1n) is 5.39. The second kappa shape index (κ2) is 4.99. The number of epoxide rings is 1. The number of ether oxygens (including phenoxy) is 2. The van der Waals surface area contributed by atoms with Gasteiger partial charge in [-0.05, 0) is 24.1 Å². The molecule has 0 saturated carbocycles. The van der Waals surface area contributed by atoms with Gasteiger partial charge in [0, 0.05) is 0 Å². The number of rotatable bonds is 5. The zero-order chi connectivity index (χ0) is 10.5. The molecule has 1 heterocycles. The summed E-state index contributed by atoms with van der Waals surface area (Å²) < 4.78 is 10.6. The third-order valence-electron chi connectivity index (χ3n) is 2.26. The van der Waals surface area contributed by atoms with Crippen LogP contribution in [0.1, 0.15) is 18.9 Å². The van der Waals surface area contributed by atoms with Gasteiger partial charge in [-0.25, -0.2) is 0 Å². The molecule has 80 valence electrons. The van der Waals surface area contributed by atoms with E-state index in [4.69, 9.17) is 9.47 Å². The zero-order valence-electron chi connectivity index (χ0n) is 8.98. The molecule has 0 N–H and O–H groups in total. The van der Waals surface area contributed by atoms with Crippen molar-refractivity contribution in [2.75, 3.05) is 13.2 Å². The summed E-state index contributed by atoms with van der Waals surface area (Å²) in [6.07, 6.45) is 5.66. The first kappa shape index (κ1) is 10.2. The average Bonchev–Trinajstić information content (AvgIpc) is 3.09.